The highest BCUT2D eigenvalue weighted by Crippen LogP contribution is 2.29. The Hall–Kier alpha value is -1.16. The number of halogens is 2. The van der Waals surface area contributed by atoms with Crippen LogP contribution in [-0.4, -0.2) is 11.5 Å². The van der Waals surface area contributed by atoms with Gasteiger partial charge in [0.1, 0.15) is 5.75 Å². The summed E-state index contributed by atoms with van der Waals surface area (Å²) in [5.74, 6) is -0.109. The van der Waals surface area contributed by atoms with E-state index in [4.69, 9.17) is 5.73 Å². The molecule has 1 aromatic rings. The zero-order chi connectivity index (χ0) is 10.7. The molecule has 0 saturated carbocycles. The molecule has 0 spiro atoms. The predicted octanol–water partition coefficient (Wildman–Crippen LogP) is 2.22. The molecule has 1 atom stereocenters. The third-order valence-electron chi connectivity index (χ3n) is 2.16. The van der Waals surface area contributed by atoms with Gasteiger partial charge in [-0.05, 0) is 12.0 Å². The van der Waals surface area contributed by atoms with Crippen LogP contribution in [0.1, 0.15) is 24.1 Å². The number of aromatic hydroxyl groups is 1. The van der Waals surface area contributed by atoms with E-state index >= 15 is 0 Å². The zero-order valence-electron chi connectivity index (χ0n) is 7.87. The molecule has 14 heavy (non-hydrogen) atoms. The number of hydrogen-bond acceptors (Lipinski definition) is 2. The lowest BCUT2D eigenvalue weighted by molar-refractivity contribution is 0.115. The molecule has 1 aromatic carbocycles. The van der Waals surface area contributed by atoms with Gasteiger partial charge in [0, 0.05) is 5.56 Å². The van der Waals surface area contributed by atoms with Crippen molar-refractivity contribution in [1.82, 2.24) is 0 Å². The van der Waals surface area contributed by atoms with Crippen LogP contribution in [0.25, 0.3) is 0 Å². The highest BCUT2D eigenvalue weighted by Gasteiger charge is 2.21. The number of aryl methyl sites for hydroxylation is 1. The molecule has 0 saturated heterocycles. The third kappa shape index (κ3) is 2.01. The van der Waals surface area contributed by atoms with Gasteiger partial charge in [0.15, 0.2) is 0 Å². The SMILES string of the molecule is CCc1cccc([C@H](N)C(F)F)c1O. The molecule has 78 valence electrons. The van der Waals surface area contributed by atoms with Crippen molar-refractivity contribution >= 4 is 0 Å². The third-order valence-corrected chi connectivity index (χ3v) is 2.16. The van der Waals surface area contributed by atoms with E-state index < -0.39 is 12.5 Å². The summed E-state index contributed by atoms with van der Waals surface area (Å²) in [5.41, 5.74) is 6.00. The van der Waals surface area contributed by atoms with Crippen LogP contribution >= 0.6 is 0 Å². The number of phenols is 1. The average Bonchev–Trinajstić information content (AvgIpc) is 2.17. The van der Waals surface area contributed by atoms with E-state index in [9.17, 15) is 13.9 Å². The van der Waals surface area contributed by atoms with Crippen LogP contribution in [0.5, 0.6) is 5.75 Å². The van der Waals surface area contributed by atoms with E-state index in [-0.39, 0.29) is 11.3 Å². The van der Waals surface area contributed by atoms with Gasteiger partial charge >= 0.3 is 0 Å². The van der Waals surface area contributed by atoms with E-state index in [1.165, 1.54) is 6.07 Å². The maximum absolute atomic E-state index is 12.3. The number of rotatable bonds is 3. The van der Waals surface area contributed by atoms with Gasteiger partial charge in [-0.25, -0.2) is 8.78 Å². The van der Waals surface area contributed by atoms with Gasteiger partial charge in [0.2, 0.25) is 0 Å². The number of alkyl halides is 2. The van der Waals surface area contributed by atoms with E-state index in [1.807, 2.05) is 6.92 Å². The van der Waals surface area contributed by atoms with Gasteiger partial charge in [-0.1, -0.05) is 25.1 Å². The van der Waals surface area contributed by atoms with Crippen LogP contribution in [0.3, 0.4) is 0 Å². The quantitative estimate of drug-likeness (QED) is 0.787. The van der Waals surface area contributed by atoms with Crippen LogP contribution < -0.4 is 5.73 Å². The molecule has 0 heterocycles. The highest BCUT2D eigenvalue weighted by molar-refractivity contribution is 5.42. The average molecular weight is 201 g/mol. The summed E-state index contributed by atoms with van der Waals surface area (Å²) >= 11 is 0. The first-order valence-electron chi connectivity index (χ1n) is 4.42. The van der Waals surface area contributed by atoms with Crippen molar-refractivity contribution in [2.24, 2.45) is 5.73 Å². The Morgan fingerprint density at radius 1 is 1.43 bits per heavy atom. The van der Waals surface area contributed by atoms with Gasteiger partial charge in [-0.2, -0.15) is 0 Å². The lowest BCUT2D eigenvalue weighted by atomic mass is 10.0. The highest BCUT2D eigenvalue weighted by atomic mass is 19.3. The monoisotopic (exact) mass is 201 g/mol. The topological polar surface area (TPSA) is 46.2 Å². The smallest absolute Gasteiger partial charge is 0.257 e. The van der Waals surface area contributed by atoms with Crippen molar-refractivity contribution in [2.45, 2.75) is 25.8 Å². The van der Waals surface area contributed by atoms with Crippen molar-refractivity contribution < 1.29 is 13.9 Å². The van der Waals surface area contributed by atoms with E-state index in [0.29, 0.717) is 12.0 Å². The molecule has 0 radical (unpaired) electrons. The van der Waals surface area contributed by atoms with Crippen molar-refractivity contribution in [3.05, 3.63) is 29.3 Å². The fourth-order valence-electron chi connectivity index (χ4n) is 1.30. The Kier molecular flexibility index (Phi) is 3.41. The minimum Gasteiger partial charge on any atom is -0.507 e. The Morgan fingerprint density at radius 2 is 2.07 bits per heavy atom. The van der Waals surface area contributed by atoms with Crippen molar-refractivity contribution in [3.63, 3.8) is 0 Å². The molecule has 0 fully saturated rings. The fourth-order valence-corrected chi connectivity index (χ4v) is 1.30. The second-order valence-electron chi connectivity index (χ2n) is 3.07. The first-order valence-corrected chi connectivity index (χ1v) is 4.42. The van der Waals surface area contributed by atoms with Crippen molar-refractivity contribution in [1.29, 1.82) is 0 Å². The first-order chi connectivity index (χ1) is 6.57. The van der Waals surface area contributed by atoms with Crippen LogP contribution in [0.15, 0.2) is 18.2 Å². The summed E-state index contributed by atoms with van der Waals surface area (Å²) in [6.45, 7) is 1.84. The molecule has 0 bridgehead atoms. The van der Waals surface area contributed by atoms with Gasteiger partial charge < -0.3 is 10.8 Å². The maximum Gasteiger partial charge on any atom is 0.257 e. The number of nitrogens with two attached hydrogens (primary N) is 1. The lowest BCUT2D eigenvalue weighted by Gasteiger charge is -2.14. The maximum atomic E-state index is 12.3. The van der Waals surface area contributed by atoms with Crippen molar-refractivity contribution in [3.8, 4) is 5.75 Å². The normalized spacial score (nSPS) is 13.2. The Balaban J connectivity index is 3.09. The fraction of sp³-hybridized carbons (Fsp3) is 0.400. The molecule has 0 aliphatic carbocycles. The van der Waals surface area contributed by atoms with E-state index in [1.54, 1.807) is 12.1 Å². The van der Waals surface area contributed by atoms with Gasteiger partial charge in [-0.15, -0.1) is 0 Å². The Morgan fingerprint density at radius 3 is 2.57 bits per heavy atom. The number of benzene rings is 1. The standard InChI is InChI=1S/C10H13F2NO/c1-2-6-4-3-5-7(9(6)14)8(13)10(11)12/h3-5,8,10,14H,2,13H2,1H3/t8-/m0/s1. The lowest BCUT2D eigenvalue weighted by Crippen LogP contribution is -2.19. The van der Waals surface area contributed by atoms with Gasteiger partial charge in [-0.3, -0.25) is 0 Å². The number of para-hydroxylation sites is 1. The number of phenolic OH excluding ortho intramolecular Hbond substituents is 1. The molecule has 0 amide bonds. The van der Waals surface area contributed by atoms with E-state index in [0.717, 1.165) is 0 Å². The zero-order valence-corrected chi connectivity index (χ0v) is 7.87. The first kappa shape index (κ1) is 10.9. The predicted molar refractivity (Wildman–Crippen MR) is 50.4 cm³/mol. The molecule has 0 aromatic heterocycles. The van der Waals surface area contributed by atoms with Crippen LogP contribution in [0, 0.1) is 0 Å². The van der Waals surface area contributed by atoms with Gasteiger partial charge in [0.25, 0.3) is 6.43 Å². The summed E-state index contributed by atoms with van der Waals surface area (Å²) in [7, 11) is 0. The van der Waals surface area contributed by atoms with Crippen LogP contribution in [-0.2, 0) is 6.42 Å². The molecule has 4 heteroatoms. The molecular weight excluding hydrogens is 188 g/mol. The van der Waals surface area contributed by atoms with E-state index in [2.05, 4.69) is 0 Å². The summed E-state index contributed by atoms with van der Waals surface area (Å²) in [5, 5.41) is 9.59. The molecule has 0 unspecified atom stereocenters. The minimum atomic E-state index is -2.66. The second kappa shape index (κ2) is 4.37. The molecule has 0 aliphatic rings. The summed E-state index contributed by atoms with van der Waals surface area (Å²) in [6, 6.07) is 3.32. The second-order valence-corrected chi connectivity index (χ2v) is 3.07. The molecule has 3 N–H and O–H groups in total. The Labute approximate surface area is 81.4 Å². The summed E-state index contributed by atoms with van der Waals surface area (Å²) in [6.07, 6.45) is -2.07. The Bertz CT molecular complexity index is 315. The number of hydrogen-bond donors (Lipinski definition) is 2. The molecule has 1 rings (SSSR count). The largest absolute Gasteiger partial charge is 0.507 e. The summed E-state index contributed by atoms with van der Waals surface area (Å²) < 4.78 is 24.6. The summed E-state index contributed by atoms with van der Waals surface area (Å²) in [4.78, 5) is 0. The molecular formula is C10H13F2NO. The van der Waals surface area contributed by atoms with Crippen LogP contribution in [0.4, 0.5) is 8.78 Å². The molecule has 0 aliphatic heterocycles. The molecule has 2 nitrogen and oxygen atoms in total. The van der Waals surface area contributed by atoms with Crippen LogP contribution in [0.2, 0.25) is 0 Å². The minimum absolute atomic E-state index is 0.109. The van der Waals surface area contributed by atoms with Crippen molar-refractivity contribution in [2.75, 3.05) is 0 Å². The van der Waals surface area contributed by atoms with Gasteiger partial charge in [0.05, 0.1) is 6.04 Å².